The highest BCUT2D eigenvalue weighted by Gasteiger charge is 2.30. The summed E-state index contributed by atoms with van der Waals surface area (Å²) in [7, 11) is -2.72. The first-order valence-electron chi connectivity index (χ1n) is 8.20. The number of halogens is 4. The highest BCUT2D eigenvalue weighted by Crippen LogP contribution is 2.31. The maximum Gasteiger partial charge on any atom is 0.422 e. The Morgan fingerprint density at radius 2 is 1.65 bits per heavy atom. The number of ether oxygens (including phenoxy) is 3. The molecule has 0 saturated carbocycles. The van der Waals surface area contributed by atoms with E-state index in [0.717, 1.165) is 44.6 Å². The largest absolute Gasteiger partial charge is 0.482 e. The summed E-state index contributed by atoms with van der Waals surface area (Å²) in [4.78, 5) is 23.0. The molecular formula is C18H15F4NO7S. The molecule has 0 aliphatic heterocycles. The molecule has 31 heavy (non-hydrogen) atoms. The maximum absolute atomic E-state index is 13.6. The number of carbonyl (C=O) groups is 2. The summed E-state index contributed by atoms with van der Waals surface area (Å²) < 4.78 is 92.2. The Hall–Kier alpha value is -3.35. The number of anilines is 1. The highest BCUT2D eigenvalue weighted by atomic mass is 32.2. The van der Waals surface area contributed by atoms with Gasteiger partial charge in [0, 0.05) is 6.07 Å². The third kappa shape index (κ3) is 6.07. The van der Waals surface area contributed by atoms with Gasteiger partial charge < -0.3 is 14.2 Å². The van der Waals surface area contributed by atoms with Gasteiger partial charge in [0.2, 0.25) is 0 Å². The van der Waals surface area contributed by atoms with Crippen LogP contribution in [0.4, 0.5) is 23.2 Å². The van der Waals surface area contributed by atoms with Crippen molar-refractivity contribution in [1.29, 1.82) is 0 Å². The van der Waals surface area contributed by atoms with Crippen LogP contribution in [0.5, 0.6) is 5.75 Å². The van der Waals surface area contributed by atoms with Crippen LogP contribution >= 0.6 is 0 Å². The molecule has 0 fully saturated rings. The molecule has 0 saturated heterocycles. The fourth-order valence-electron chi connectivity index (χ4n) is 2.34. The summed E-state index contributed by atoms with van der Waals surface area (Å²) in [5.74, 6) is -3.60. The number of benzene rings is 2. The molecule has 0 atom stereocenters. The van der Waals surface area contributed by atoms with Crippen molar-refractivity contribution in [3.8, 4) is 5.75 Å². The van der Waals surface area contributed by atoms with E-state index in [2.05, 4.69) is 14.2 Å². The zero-order valence-electron chi connectivity index (χ0n) is 15.9. The Morgan fingerprint density at radius 1 is 1.00 bits per heavy atom. The molecule has 2 rings (SSSR count). The molecule has 0 unspecified atom stereocenters. The molecule has 1 N–H and O–H groups in total. The number of hydrogen-bond donors (Lipinski definition) is 1. The van der Waals surface area contributed by atoms with E-state index in [1.54, 1.807) is 0 Å². The molecule has 2 aromatic rings. The van der Waals surface area contributed by atoms with Crippen molar-refractivity contribution >= 4 is 27.6 Å². The van der Waals surface area contributed by atoms with Crippen molar-refractivity contribution < 1.29 is 49.8 Å². The van der Waals surface area contributed by atoms with Crippen LogP contribution in [-0.4, -0.2) is 47.4 Å². The molecule has 0 bridgehead atoms. The van der Waals surface area contributed by atoms with Gasteiger partial charge in [-0.15, -0.1) is 0 Å². The number of sulfonamides is 1. The lowest BCUT2D eigenvalue weighted by Gasteiger charge is -2.16. The van der Waals surface area contributed by atoms with Crippen LogP contribution < -0.4 is 9.46 Å². The normalized spacial score (nSPS) is 11.5. The van der Waals surface area contributed by atoms with E-state index < -0.39 is 62.5 Å². The molecule has 0 radical (unpaired) electrons. The molecule has 13 heteroatoms. The van der Waals surface area contributed by atoms with Crippen LogP contribution in [0.2, 0.25) is 0 Å². The molecule has 0 aliphatic carbocycles. The lowest BCUT2D eigenvalue weighted by atomic mass is 10.1. The lowest BCUT2D eigenvalue weighted by Crippen LogP contribution is -2.21. The van der Waals surface area contributed by atoms with Gasteiger partial charge in [0.1, 0.15) is 16.5 Å². The number of carbonyl (C=O) groups excluding carboxylic acids is 2. The minimum Gasteiger partial charge on any atom is -0.482 e. The molecule has 2 aromatic carbocycles. The molecule has 0 spiro atoms. The van der Waals surface area contributed by atoms with E-state index in [1.807, 2.05) is 4.72 Å². The van der Waals surface area contributed by atoms with Gasteiger partial charge in [-0.25, -0.2) is 22.4 Å². The number of methoxy groups -OCH3 is 2. The van der Waals surface area contributed by atoms with E-state index in [-0.39, 0.29) is 5.56 Å². The van der Waals surface area contributed by atoms with Crippen LogP contribution in [0, 0.1) is 5.82 Å². The van der Waals surface area contributed by atoms with Crippen LogP contribution in [0.1, 0.15) is 20.7 Å². The fraction of sp³-hybridized carbons (Fsp3) is 0.222. The quantitative estimate of drug-likeness (QED) is 0.494. The topological polar surface area (TPSA) is 108 Å². The number of alkyl halides is 3. The second kappa shape index (κ2) is 9.20. The second-order valence-electron chi connectivity index (χ2n) is 5.84. The standard InChI is InChI=1S/C18H15F4NO7S/c1-28-16(24)10-3-5-12(17(25)29-2)15(7-10)31(26,27)23-13-8-11(19)4-6-14(13)30-9-18(20,21)22/h3-8,23H,9H2,1-2H3. The predicted octanol–water partition coefficient (Wildman–Crippen LogP) is 3.14. The number of esters is 2. The van der Waals surface area contributed by atoms with Gasteiger partial charge in [-0.3, -0.25) is 4.72 Å². The zero-order chi connectivity index (χ0) is 23.4. The molecule has 0 heterocycles. The molecule has 0 amide bonds. The van der Waals surface area contributed by atoms with Crippen molar-refractivity contribution in [1.82, 2.24) is 0 Å². The van der Waals surface area contributed by atoms with E-state index in [4.69, 9.17) is 0 Å². The Balaban J connectivity index is 2.54. The predicted molar refractivity (Wildman–Crippen MR) is 97.9 cm³/mol. The highest BCUT2D eigenvalue weighted by molar-refractivity contribution is 7.92. The van der Waals surface area contributed by atoms with E-state index >= 15 is 0 Å². The average molecular weight is 465 g/mol. The van der Waals surface area contributed by atoms with Gasteiger partial charge in [-0.1, -0.05) is 0 Å². The van der Waals surface area contributed by atoms with Crippen LogP contribution in [0.15, 0.2) is 41.3 Å². The van der Waals surface area contributed by atoms with Crippen molar-refractivity contribution in [2.45, 2.75) is 11.1 Å². The second-order valence-corrected chi connectivity index (χ2v) is 7.49. The van der Waals surface area contributed by atoms with Gasteiger partial charge in [-0.2, -0.15) is 13.2 Å². The summed E-state index contributed by atoms with van der Waals surface area (Å²) in [6, 6.07) is 5.05. The third-order valence-corrected chi connectivity index (χ3v) is 5.08. The van der Waals surface area contributed by atoms with Crippen molar-refractivity contribution in [3.05, 3.63) is 53.3 Å². The van der Waals surface area contributed by atoms with Crippen molar-refractivity contribution in [3.63, 3.8) is 0 Å². The number of rotatable bonds is 7. The Morgan fingerprint density at radius 3 is 2.23 bits per heavy atom. The third-order valence-electron chi connectivity index (χ3n) is 3.67. The molecule has 0 aromatic heterocycles. The minimum atomic E-state index is -4.74. The van der Waals surface area contributed by atoms with Gasteiger partial charge in [0.05, 0.1) is 31.0 Å². The van der Waals surface area contributed by atoms with Gasteiger partial charge in [-0.05, 0) is 30.3 Å². The van der Waals surface area contributed by atoms with Crippen LogP contribution in [-0.2, 0) is 19.5 Å². The first-order chi connectivity index (χ1) is 14.4. The maximum atomic E-state index is 13.6. The summed E-state index contributed by atoms with van der Waals surface area (Å²) in [6.07, 6.45) is -4.74. The Labute approximate surface area is 173 Å². The summed E-state index contributed by atoms with van der Waals surface area (Å²) in [6.45, 7) is -1.77. The van der Waals surface area contributed by atoms with Crippen molar-refractivity contribution in [2.24, 2.45) is 0 Å². The van der Waals surface area contributed by atoms with E-state index in [0.29, 0.717) is 6.07 Å². The van der Waals surface area contributed by atoms with E-state index in [9.17, 15) is 35.6 Å². The number of nitrogens with one attached hydrogen (secondary N) is 1. The SMILES string of the molecule is COC(=O)c1ccc(C(=O)OC)c(S(=O)(=O)Nc2cc(F)ccc2OCC(F)(F)F)c1. The molecule has 0 aliphatic rings. The smallest absolute Gasteiger partial charge is 0.422 e. The summed E-state index contributed by atoms with van der Waals surface area (Å²) in [5, 5.41) is 0. The molecule has 8 nitrogen and oxygen atoms in total. The molecular weight excluding hydrogens is 450 g/mol. The number of hydrogen-bond acceptors (Lipinski definition) is 7. The zero-order valence-corrected chi connectivity index (χ0v) is 16.8. The first kappa shape index (κ1) is 23.9. The van der Waals surface area contributed by atoms with E-state index in [1.165, 1.54) is 0 Å². The monoisotopic (exact) mass is 465 g/mol. The summed E-state index contributed by atoms with van der Waals surface area (Å²) in [5.41, 5.74) is -1.40. The fourth-order valence-corrected chi connectivity index (χ4v) is 3.62. The first-order valence-corrected chi connectivity index (χ1v) is 9.69. The molecule has 168 valence electrons. The Bertz CT molecular complexity index is 1100. The van der Waals surface area contributed by atoms with Crippen molar-refractivity contribution in [2.75, 3.05) is 25.5 Å². The average Bonchev–Trinajstić information content (AvgIpc) is 2.70. The van der Waals surface area contributed by atoms with Gasteiger partial charge in [0.15, 0.2) is 6.61 Å². The minimum absolute atomic E-state index is 0.247. The van der Waals surface area contributed by atoms with Gasteiger partial charge >= 0.3 is 18.1 Å². The summed E-state index contributed by atoms with van der Waals surface area (Å²) >= 11 is 0. The lowest BCUT2D eigenvalue weighted by molar-refractivity contribution is -0.153. The van der Waals surface area contributed by atoms with Gasteiger partial charge in [0.25, 0.3) is 10.0 Å². The van der Waals surface area contributed by atoms with Crippen LogP contribution in [0.25, 0.3) is 0 Å². The van der Waals surface area contributed by atoms with Crippen LogP contribution in [0.3, 0.4) is 0 Å². The Kier molecular flexibility index (Phi) is 7.10.